The van der Waals surface area contributed by atoms with Crippen LogP contribution in [0.4, 0.5) is 4.39 Å². The van der Waals surface area contributed by atoms with Crippen molar-refractivity contribution >= 4 is 0 Å². The molecule has 124 valence electrons. The molecule has 2 atom stereocenters. The fourth-order valence-electron chi connectivity index (χ4n) is 3.07. The van der Waals surface area contributed by atoms with E-state index in [1.807, 2.05) is 0 Å². The molecule has 0 bridgehead atoms. The van der Waals surface area contributed by atoms with Gasteiger partial charge in [-0.15, -0.1) is 0 Å². The van der Waals surface area contributed by atoms with Crippen LogP contribution in [0.2, 0.25) is 0 Å². The van der Waals surface area contributed by atoms with Crippen LogP contribution in [0.3, 0.4) is 0 Å². The summed E-state index contributed by atoms with van der Waals surface area (Å²) in [4.78, 5) is 2.42. The van der Waals surface area contributed by atoms with Crippen molar-refractivity contribution in [3.8, 4) is 0 Å². The predicted octanol–water partition coefficient (Wildman–Crippen LogP) is 4.68. The van der Waals surface area contributed by atoms with E-state index in [1.165, 1.54) is 11.1 Å². The Hall–Kier alpha value is -0.930. The molecule has 0 amide bonds. The van der Waals surface area contributed by atoms with Gasteiger partial charge in [-0.05, 0) is 47.4 Å². The van der Waals surface area contributed by atoms with E-state index in [-0.39, 0.29) is 11.7 Å². The molecule has 1 aliphatic heterocycles. The third-order valence-corrected chi connectivity index (χ3v) is 5.04. The predicted molar refractivity (Wildman–Crippen MR) is 89.9 cm³/mol. The van der Waals surface area contributed by atoms with Crippen LogP contribution in [0.15, 0.2) is 12.1 Å². The first-order valence-corrected chi connectivity index (χ1v) is 8.69. The fourth-order valence-corrected chi connectivity index (χ4v) is 3.07. The van der Waals surface area contributed by atoms with Crippen LogP contribution in [0.5, 0.6) is 0 Å². The summed E-state index contributed by atoms with van der Waals surface area (Å²) in [5, 5.41) is 0. The summed E-state index contributed by atoms with van der Waals surface area (Å²) >= 11 is 0. The lowest BCUT2D eigenvalue weighted by atomic mass is 9.88. The monoisotopic (exact) mass is 307 g/mol. The first-order chi connectivity index (χ1) is 10.6. The van der Waals surface area contributed by atoms with Gasteiger partial charge in [0.15, 0.2) is 0 Å². The van der Waals surface area contributed by atoms with Crippen LogP contribution in [-0.2, 0) is 11.3 Å². The maximum atomic E-state index is 14.5. The lowest BCUT2D eigenvalue weighted by Crippen LogP contribution is -2.36. The first kappa shape index (κ1) is 17.4. The summed E-state index contributed by atoms with van der Waals surface area (Å²) in [6, 6.07) is 3.92. The molecule has 22 heavy (non-hydrogen) atoms. The Morgan fingerprint density at radius 2 is 1.64 bits per heavy atom. The van der Waals surface area contributed by atoms with Crippen molar-refractivity contribution in [2.45, 2.75) is 58.9 Å². The summed E-state index contributed by atoms with van der Waals surface area (Å²) in [7, 11) is 0. The van der Waals surface area contributed by atoms with Crippen LogP contribution < -0.4 is 0 Å². The van der Waals surface area contributed by atoms with E-state index in [0.29, 0.717) is 5.92 Å². The van der Waals surface area contributed by atoms with E-state index in [9.17, 15) is 4.39 Å². The first-order valence-electron chi connectivity index (χ1n) is 8.69. The van der Waals surface area contributed by atoms with Gasteiger partial charge in [0, 0.05) is 19.6 Å². The third-order valence-electron chi connectivity index (χ3n) is 5.04. The largest absolute Gasteiger partial charge is 0.379 e. The van der Waals surface area contributed by atoms with Gasteiger partial charge in [0.1, 0.15) is 5.82 Å². The normalized spacial score (nSPS) is 19.1. The van der Waals surface area contributed by atoms with Gasteiger partial charge < -0.3 is 4.74 Å². The summed E-state index contributed by atoms with van der Waals surface area (Å²) in [6.45, 7) is 13.0. The molecule has 1 aromatic rings. The topological polar surface area (TPSA) is 12.5 Å². The summed E-state index contributed by atoms with van der Waals surface area (Å²) in [5.74, 6) is 0.640. The van der Waals surface area contributed by atoms with Gasteiger partial charge in [-0.25, -0.2) is 4.39 Å². The van der Waals surface area contributed by atoms with Crippen molar-refractivity contribution in [1.82, 2.24) is 4.90 Å². The quantitative estimate of drug-likeness (QED) is 0.756. The summed E-state index contributed by atoms with van der Waals surface area (Å²) < 4.78 is 19.9. The van der Waals surface area contributed by atoms with Gasteiger partial charge in [-0.2, -0.15) is 0 Å². The molecule has 0 saturated carbocycles. The lowest BCUT2D eigenvalue weighted by molar-refractivity contribution is 0.0340. The zero-order valence-corrected chi connectivity index (χ0v) is 14.5. The van der Waals surface area contributed by atoms with E-state index >= 15 is 0 Å². The molecule has 0 radical (unpaired) electrons. The van der Waals surface area contributed by atoms with Gasteiger partial charge in [-0.1, -0.05) is 33.8 Å². The Balaban J connectivity index is 2.33. The van der Waals surface area contributed by atoms with Gasteiger partial charge >= 0.3 is 0 Å². The van der Waals surface area contributed by atoms with Crippen molar-refractivity contribution in [2.75, 3.05) is 26.3 Å². The van der Waals surface area contributed by atoms with E-state index < -0.39 is 0 Å². The molecule has 3 heteroatoms. The number of hydrogen-bond acceptors (Lipinski definition) is 2. The molecule has 1 aromatic carbocycles. The summed E-state index contributed by atoms with van der Waals surface area (Å²) in [5.41, 5.74) is 3.35. The molecule has 0 aromatic heterocycles. The zero-order valence-electron chi connectivity index (χ0n) is 14.5. The van der Waals surface area contributed by atoms with E-state index in [4.69, 9.17) is 4.74 Å². The Morgan fingerprint density at radius 3 is 2.23 bits per heavy atom. The summed E-state index contributed by atoms with van der Waals surface area (Å²) in [6.07, 6.45) is 2.01. The molecule has 2 rings (SSSR count). The van der Waals surface area contributed by atoms with Gasteiger partial charge in [0.2, 0.25) is 0 Å². The van der Waals surface area contributed by atoms with Crippen LogP contribution in [-0.4, -0.2) is 31.2 Å². The SMILES string of the molecule is CCC(C)c1cc(CN2CCOCC2)c(C(C)CC)cc1F. The van der Waals surface area contributed by atoms with Crippen molar-refractivity contribution in [1.29, 1.82) is 0 Å². The van der Waals surface area contributed by atoms with E-state index in [2.05, 4.69) is 38.7 Å². The average molecular weight is 307 g/mol. The highest BCUT2D eigenvalue weighted by Gasteiger charge is 2.19. The number of hydrogen-bond donors (Lipinski definition) is 0. The van der Waals surface area contributed by atoms with Gasteiger partial charge in [-0.3, -0.25) is 4.90 Å². The fraction of sp³-hybridized carbons (Fsp3) is 0.684. The van der Waals surface area contributed by atoms with E-state index in [0.717, 1.165) is 51.3 Å². The smallest absolute Gasteiger partial charge is 0.126 e. The average Bonchev–Trinajstić information content (AvgIpc) is 2.55. The van der Waals surface area contributed by atoms with Crippen LogP contribution in [0.25, 0.3) is 0 Å². The molecule has 0 N–H and O–H groups in total. The molecule has 2 unspecified atom stereocenters. The molecule has 1 aliphatic rings. The highest BCUT2D eigenvalue weighted by Crippen LogP contribution is 2.31. The van der Waals surface area contributed by atoms with E-state index in [1.54, 1.807) is 6.07 Å². The number of rotatable bonds is 6. The van der Waals surface area contributed by atoms with Crippen LogP contribution in [0, 0.1) is 5.82 Å². The molecule has 0 spiro atoms. The number of nitrogens with zero attached hydrogens (tertiary/aromatic N) is 1. The number of halogens is 1. The number of morpholine rings is 1. The Kier molecular flexibility index (Phi) is 6.39. The molecular formula is C19H30FNO. The Morgan fingerprint density at radius 1 is 1.05 bits per heavy atom. The highest BCUT2D eigenvalue weighted by molar-refractivity contribution is 5.37. The van der Waals surface area contributed by atoms with Crippen LogP contribution in [0.1, 0.15) is 69.1 Å². The highest BCUT2D eigenvalue weighted by atomic mass is 19.1. The van der Waals surface area contributed by atoms with Gasteiger partial charge in [0.25, 0.3) is 0 Å². The number of benzene rings is 1. The van der Waals surface area contributed by atoms with Crippen LogP contribution >= 0.6 is 0 Å². The second-order valence-electron chi connectivity index (χ2n) is 6.58. The zero-order chi connectivity index (χ0) is 16.1. The minimum atomic E-state index is -0.0321. The molecule has 1 saturated heterocycles. The minimum absolute atomic E-state index is 0.0321. The second-order valence-corrected chi connectivity index (χ2v) is 6.58. The standard InChI is InChI=1S/C19H30FNO/c1-5-14(3)17-12-19(20)18(15(4)6-2)11-16(17)13-21-7-9-22-10-8-21/h11-12,14-15H,5-10,13H2,1-4H3. The Labute approximate surface area is 134 Å². The maximum Gasteiger partial charge on any atom is 0.126 e. The van der Waals surface area contributed by atoms with Crippen molar-refractivity contribution < 1.29 is 9.13 Å². The Bertz CT molecular complexity index is 483. The molecule has 1 heterocycles. The molecule has 2 nitrogen and oxygen atoms in total. The maximum absolute atomic E-state index is 14.5. The van der Waals surface area contributed by atoms with Gasteiger partial charge in [0.05, 0.1) is 13.2 Å². The molecule has 0 aliphatic carbocycles. The molecule has 1 fully saturated rings. The second kappa shape index (κ2) is 8.07. The molecular weight excluding hydrogens is 277 g/mol. The lowest BCUT2D eigenvalue weighted by Gasteiger charge is -2.29. The minimum Gasteiger partial charge on any atom is -0.379 e. The van der Waals surface area contributed by atoms with Crippen molar-refractivity contribution in [3.63, 3.8) is 0 Å². The third kappa shape index (κ3) is 4.08. The number of ether oxygens (including phenoxy) is 1. The van der Waals surface area contributed by atoms with Crippen molar-refractivity contribution in [3.05, 3.63) is 34.6 Å². The van der Waals surface area contributed by atoms with Crippen molar-refractivity contribution in [2.24, 2.45) is 0 Å².